The molecule has 0 atom stereocenters. The molecule has 0 saturated heterocycles. The van der Waals surface area contributed by atoms with Gasteiger partial charge in [-0.3, -0.25) is 4.79 Å². The third-order valence-electron chi connectivity index (χ3n) is 1.38. The predicted molar refractivity (Wildman–Crippen MR) is 42.7 cm³/mol. The fourth-order valence-corrected chi connectivity index (χ4v) is 0.809. The minimum absolute atomic E-state index is 0.321. The maximum Gasteiger partial charge on any atom is 0.257 e. The fraction of sp³-hybridized carbons (Fsp3) is 0.250. The van der Waals surface area contributed by atoms with Crippen LogP contribution in [-0.2, 0) is 0 Å². The summed E-state index contributed by atoms with van der Waals surface area (Å²) in [5.41, 5.74) is 0.327. The van der Waals surface area contributed by atoms with Crippen molar-refractivity contribution in [3.05, 3.63) is 17.8 Å². The van der Waals surface area contributed by atoms with Gasteiger partial charge in [0.05, 0.1) is 14.2 Å². The molecular formula is C8H9NO3. The highest BCUT2D eigenvalue weighted by atomic mass is 16.5. The molecule has 12 heavy (non-hydrogen) atoms. The van der Waals surface area contributed by atoms with Gasteiger partial charge in [-0.25, -0.2) is 4.98 Å². The quantitative estimate of drug-likeness (QED) is 0.628. The molecule has 0 aliphatic carbocycles. The van der Waals surface area contributed by atoms with Crippen molar-refractivity contribution in [3.63, 3.8) is 0 Å². The van der Waals surface area contributed by atoms with Gasteiger partial charge in [-0.1, -0.05) is 0 Å². The number of rotatable bonds is 3. The summed E-state index contributed by atoms with van der Waals surface area (Å²) >= 11 is 0. The van der Waals surface area contributed by atoms with Crippen LogP contribution in [-0.4, -0.2) is 25.5 Å². The standard InChI is InChI=1S/C8H9NO3/c1-11-7-4-3-6(5-10)9-8(7)12-2/h3-5H,1-2H3. The fourth-order valence-electron chi connectivity index (χ4n) is 0.809. The molecule has 0 fully saturated rings. The van der Waals surface area contributed by atoms with Crippen LogP contribution >= 0.6 is 0 Å². The first-order valence-electron chi connectivity index (χ1n) is 3.36. The van der Waals surface area contributed by atoms with E-state index in [1.54, 1.807) is 12.1 Å². The Morgan fingerprint density at radius 1 is 1.33 bits per heavy atom. The highest BCUT2D eigenvalue weighted by Crippen LogP contribution is 2.22. The Morgan fingerprint density at radius 2 is 2.08 bits per heavy atom. The van der Waals surface area contributed by atoms with Crippen LogP contribution in [0.1, 0.15) is 10.5 Å². The largest absolute Gasteiger partial charge is 0.491 e. The van der Waals surface area contributed by atoms with Crippen molar-refractivity contribution in [1.82, 2.24) is 4.98 Å². The van der Waals surface area contributed by atoms with Gasteiger partial charge < -0.3 is 9.47 Å². The van der Waals surface area contributed by atoms with Crippen LogP contribution in [0.4, 0.5) is 0 Å². The molecule has 1 heterocycles. The molecule has 0 aromatic carbocycles. The summed E-state index contributed by atoms with van der Waals surface area (Å²) in [6, 6.07) is 3.20. The first-order valence-corrected chi connectivity index (χ1v) is 3.36. The van der Waals surface area contributed by atoms with Gasteiger partial charge in [-0.05, 0) is 12.1 Å². The van der Waals surface area contributed by atoms with E-state index in [2.05, 4.69) is 4.98 Å². The summed E-state index contributed by atoms with van der Waals surface area (Å²) in [5, 5.41) is 0. The number of aldehydes is 1. The number of ether oxygens (including phenoxy) is 2. The second-order valence-corrected chi connectivity index (χ2v) is 2.07. The van der Waals surface area contributed by atoms with E-state index < -0.39 is 0 Å². The molecule has 0 saturated carbocycles. The third-order valence-corrected chi connectivity index (χ3v) is 1.38. The molecule has 0 N–H and O–H groups in total. The first kappa shape index (κ1) is 8.52. The lowest BCUT2D eigenvalue weighted by atomic mass is 10.3. The van der Waals surface area contributed by atoms with Crippen molar-refractivity contribution in [2.24, 2.45) is 0 Å². The Morgan fingerprint density at radius 3 is 2.58 bits per heavy atom. The number of hydrogen-bond donors (Lipinski definition) is 0. The van der Waals surface area contributed by atoms with E-state index in [1.165, 1.54) is 14.2 Å². The number of aromatic nitrogens is 1. The molecule has 1 rings (SSSR count). The average Bonchev–Trinajstić information content (AvgIpc) is 2.16. The van der Waals surface area contributed by atoms with E-state index >= 15 is 0 Å². The second kappa shape index (κ2) is 3.71. The van der Waals surface area contributed by atoms with Crippen molar-refractivity contribution < 1.29 is 14.3 Å². The molecule has 0 spiro atoms. The minimum Gasteiger partial charge on any atom is -0.491 e. The van der Waals surface area contributed by atoms with Crippen molar-refractivity contribution in [2.75, 3.05) is 14.2 Å². The number of carbonyl (C=O) groups is 1. The SMILES string of the molecule is COc1ccc(C=O)nc1OC. The third kappa shape index (κ3) is 1.53. The summed E-state index contributed by atoms with van der Waals surface area (Å²) in [5.74, 6) is 0.838. The van der Waals surface area contributed by atoms with E-state index in [4.69, 9.17) is 9.47 Å². The smallest absolute Gasteiger partial charge is 0.257 e. The van der Waals surface area contributed by atoms with Gasteiger partial charge in [0.2, 0.25) is 0 Å². The zero-order valence-corrected chi connectivity index (χ0v) is 6.90. The average molecular weight is 167 g/mol. The molecule has 0 aliphatic rings. The number of hydrogen-bond acceptors (Lipinski definition) is 4. The van der Waals surface area contributed by atoms with Crippen LogP contribution in [0.25, 0.3) is 0 Å². The minimum atomic E-state index is 0.321. The summed E-state index contributed by atoms with van der Waals surface area (Å²) in [6.07, 6.45) is 0.655. The summed E-state index contributed by atoms with van der Waals surface area (Å²) in [6.45, 7) is 0. The van der Waals surface area contributed by atoms with Crippen molar-refractivity contribution in [3.8, 4) is 11.6 Å². The molecule has 0 radical (unpaired) electrons. The zero-order chi connectivity index (χ0) is 8.97. The number of pyridine rings is 1. The molecule has 1 aromatic rings. The zero-order valence-electron chi connectivity index (χ0n) is 6.90. The lowest BCUT2D eigenvalue weighted by molar-refractivity contribution is 0.111. The van der Waals surface area contributed by atoms with Crippen molar-refractivity contribution >= 4 is 6.29 Å². The van der Waals surface area contributed by atoms with Gasteiger partial charge in [-0.15, -0.1) is 0 Å². The van der Waals surface area contributed by atoms with Crippen LogP contribution in [0, 0.1) is 0 Å². The molecule has 64 valence electrons. The van der Waals surface area contributed by atoms with Gasteiger partial charge >= 0.3 is 0 Å². The Kier molecular flexibility index (Phi) is 2.63. The van der Waals surface area contributed by atoms with E-state index in [-0.39, 0.29) is 0 Å². The van der Waals surface area contributed by atoms with Gasteiger partial charge in [0.1, 0.15) is 5.69 Å². The Bertz CT molecular complexity index is 286. The molecule has 0 aliphatic heterocycles. The summed E-state index contributed by atoms with van der Waals surface area (Å²) in [7, 11) is 2.99. The van der Waals surface area contributed by atoms with E-state index in [0.717, 1.165) is 0 Å². The maximum absolute atomic E-state index is 10.3. The topological polar surface area (TPSA) is 48.4 Å². The van der Waals surface area contributed by atoms with Crippen LogP contribution in [0.5, 0.6) is 11.6 Å². The Balaban J connectivity index is 3.10. The van der Waals surface area contributed by atoms with Crippen LogP contribution in [0.2, 0.25) is 0 Å². The molecule has 0 unspecified atom stereocenters. The van der Waals surface area contributed by atoms with Crippen LogP contribution < -0.4 is 9.47 Å². The first-order chi connectivity index (χ1) is 5.81. The summed E-state index contributed by atoms with van der Waals surface area (Å²) in [4.78, 5) is 14.2. The number of nitrogens with zero attached hydrogens (tertiary/aromatic N) is 1. The van der Waals surface area contributed by atoms with E-state index in [1.807, 2.05) is 0 Å². The maximum atomic E-state index is 10.3. The normalized spacial score (nSPS) is 9.17. The lowest BCUT2D eigenvalue weighted by Crippen LogP contribution is -1.95. The Labute approximate surface area is 70.1 Å². The van der Waals surface area contributed by atoms with Crippen LogP contribution in [0.15, 0.2) is 12.1 Å². The monoisotopic (exact) mass is 167 g/mol. The van der Waals surface area contributed by atoms with Crippen molar-refractivity contribution in [1.29, 1.82) is 0 Å². The summed E-state index contributed by atoms with van der Waals surface area (Å²) < 4.78 is 9.82. The molecule has 0 amide bonds. The van der Waals surface area contributed by atoms with Gasteiger partial charge in [0.15, 0.2) is 12.0 Å². The van der Waals surface area contributed by atoms with Crippen LogP contribution in [0.3, 0.4) is 0 Å². The van der Waals surface area contributed by atoms with Gasteiger partial charge in [0.25, 0.3) is 5.88 Å². The number of methoxy groups -OCH3 is 2. The highest BCUT2D eigenvalue weighted by Gasteiger charge is 2.04. The van der Waals surface area contributed by atoms with Gasteiger partial charge in [-0.2, -0.15) is 0 Å². The van der Waals surface area contributed by atoms with Gasteiger partial charge in [0, 0.05) is 0 Å². The van der Waals surface area contributed by atoms with E-state index in [0.29, 0.717) is 23.6 Å². The highest BCUT2D eigenvalue weighted by molar-refractivity contribution is 5.72. The van der Waals surface area contributed by atoms with E-state index in [9.17, 15) is 4.79 Å². The number of carbonyl (C=O) groups excluding carboxylic acids is 1. The lowest BCUT2D eigenvalue weighted by Gasteiger charge is -2.04. The molecular weight excluding hydrogens is 158 g/mol. The molecule has 1 aromatic heterocycles. The second-order valence-electron chi connectivity index (χ2n) is 2.07. The van der Waals surface area contributed by atoms with Crippen molar-refractivity contribution in [2.45, 2.75) is 0 Å². The molecule has 4 nitrogen and oxygen atoms in total. The predicted octanol–water partition coefficient (Wildman–Crippen LogP) is 0.911. The Hall–Kier alpha value is -1.58. The molecule has 0 bridgehead atoms. The molecule has 4 heteroatoms.